The van der Waals surface area contributed by atoms with Crippen molar-refractivity contribution >= 4 is 17.3 Å². The van der Waals surface area contributed by atoms with Gasteiger partial charge in [0, 0.05) is 34.5 Å². The summed E-state index contributed by atoms with van der Waals surface area (Å²) in [4.78, 5) is 38.5. The lowest BCUT2D eigenvalue weighted by Gasteiger charge is -2.21. The zero-order valence-electron chi connectivity index (χ0n) is 20.4. The van der Waals surface area contributed by atoms with Crippen LogP contribution in [0.4, 0.5) is 0 Å². The molecule has 0 rings (SSSR count). The number of hydrogen-bond donors (Lipinski definition) is 3. The quantitative estimate of drug-likeness (QED) is 0.360. The zero-order valence-corrected chi connectivity index (χ0v) is 20.4. The largest absolute Gasteiger partial charge is 0.512 e. The van der Waals surface area contributed by atoms with Crippen LogP contribution in [0.15, 0.2) is 35.5 Å². The predicted molar refractivity (Wildman–Crippen MR) is 122 cm³/mol. The third-order valence-corrected chi connectivity index (χ3v) is 4.34. The van der Waals surface area contributed by atoms with Crippen LogP contribution < -0.4 is 0 Å². The summed E-state index contributed by atoms with van der Waals surface area (Å²) in [5.41, 5.74) is -1.85. The molecule has 7 nitrogen and oxygen atoms in total. The summed E-state index contributed by atoms with van der Waals surface area (Å²) in [7, 11) is 0. The van der Waals surface area contributed by atoms with E-state index in [1.165, 1.54) is 4.90 Å². The second kappa shape index (κ2) is 10.8. The first-order valence-corrected chi connectivity index (χ1v) is 10.3. The van der Waals surface area contributed by atoms with Crippen LogP contribution >= 0.6 is 0 Å². The normalized spacial score (nSPS) is 14.7. The molecule has 0 heterocycles. The molecule has 0 aromatic carbocycles. The molecule has 0 aromatic heterocycles. The monoisotopic (exact) mass is 437 g/mol. The van der Waals surface area contributed by atoms with E-state index in [0.717, 1.165) is 18.2 Å². The Kier molecular flexibility index (Phi) is 9.92. The first-order valence-electron chi connectivity index (χ1n) is 10.3. The van der Waals surface area contributed by atoms with Gasteiger partial charge >= 0.3 is 0 Å². The van der Waals surface area contributed by atoms with Crippen LogP contribution in [0.25, 0.3) is 0 Å². The highest BCUT2D eigenvalue weighted by atomic mass is 16.3. The molecule has 0 unspecified atom stereocenters. The Morgan fingerprint density at radius 3 is 0.903 bits per heavy atom. The lowest BCUT2D eigenvalue weighted by atomic mass is 9.93. The molecule has 3 N–H and O–H groups in total. The highest BCUT2D eigenvalue weighted by molar-refractivity contribution is 5.96. The van der Waals surface area contributed by atoms with Gasteiger partial charge in [-0.1, -0.05) is 62.3 Å². The molecule has 0 fully saturated rings. The van der Waals surface area contributed by atoms with Gasteiger partial charge < -0.3 is 15.3 Å². The van der Waals surface area contributed by atoms with Crippen LogP contribution in [0.3, 0.4) is 0 Å². The van der Waals surface area contributed by atoms with Crippen molar-refractivity contribution in [3.8, 4) is 0 Å². The molecule has 0 amide bonds. The summed E-state index contributed by atoms with van der Waals surface area (Å²) in [5, 5.41) is 30.2. The molecule has 0 bridgehead atoms. The van der Waals surface area contributed by atoms with Gasteiger partial charge in [0.25, 0.3) is 0 Å². The Balaban J connectivity index is 5.65. The molecular weight excluding hydrogens is 398 g/mol. The van der Waals surface area contributed by atoms with Crippen LogP contribution in [-0.2, 0) is 14.4 Å². The van der Waals surface area contributed by atoms with E-state index in [0.29, 0.717) is 0 Å². The second-order valence-corrected chi connectivity index (χ2v) is 10.9. The maximum atomic E-state index is 12.4. The zero-order chi connectivity index (χ0) is 24.8. The van der Waals surface area contributed by atoms with Crippen molar-refractivity contribution in [3.63, 3.8) is 0 Å². The maximum absolute atomic E-state index is 12.4. The summed E-state index contributed by atoms with van der Waals surface area (Å²) in [6, 6.07) is 0. The predicted octanol–water partition coefficient (Wildman–Crippen LogP) is 4.46. The SMILES string of the molecule is CC(C)(C)/C(O)=C/C(=O)CN(CC(=O)/C=C(\O)C(C)(C)C)CC(=O)/C=C(/O)C(C)(C)C. The molecule has 0 radical (unpaired) electrons. The van der Waals surface area contributed by atoms with Crippen molar-refractivity contribution in [1.82, 2.24) is 4.90 Å². The molecule has 31 heavy (non-hydrogen) atoms. The average molecular weight is 438 g/mol. The van der Waals surface area contributed by atoms with Crippen molar-refractivity contribution in [2.24, 2.45) is 16.2 Å². The highest BCUT2D eigenvalue weighted by Gasteiger charge is 2.23. The van der Waals surface area contributed by atoms with E-state index in [4.69, 9.17) is 0 Å². The number of aliphatic hydroxyl groups excluding tert-OH is 3. The van der Waals surface area contributed by atoms with E-state index in [1.807, 2.05) is 0 Å². The number of ketones is 3. The lowest BCUT2D eigenvalue weighted by molar-refractivity contribution is -0.120. The summed E-state index contributed by atoms with van der Waals surface area (Å²) in [6.45, 7) is 14.9. The smallest absolute Gasteiger partial charge is 0.173 e. The fourth-order valence-electron chi connectivity index (χ4n) is 2.07. The fraction of sp³-hybridized carbons (Fsp3) is 0.625. The van der Waals surface area contributed by atoms with Crippen molar-refractivity contribution < 1.29 is 29.7 Å². The van der Waals surface area contributed by atoms with E-state index in [-0.39, 0.29) is 36.9 Å². The number of allylic oxidation sites excluding steroid dienone is 3. The Morgan fingerprint density at radius 2 is 0.742 bits per heavy atom. The van der Waals surface area contributed by atoms with Gasteiger partial charge in [-0.2, -0.15) is 0 Å². The number of nitrogens with zero attached hydrogens (tertiary/aromatic N) is 1. The number of rotatable bonds is 9. The first kappa shape index (κ1) is 28.6. The molecule has 176 valence electrons. The topological polar surface area (TPSA) is 115 Å². The summed E-state index contributed by atoms with van der Waals surface area (Å²) in [5.74, 6) is -1.73. The van der Waals surface area contributed by atoms with E-state index >= 15 is 0 Å². The lowest BCUT2D eigenvalue weighted by Crippen LogP contribution is -2.37. The van der Waals surface area contributed by atoms with E-state index < -0.39 is 33.6 Å². The molecule has 0 aliphatic carbocycles. The molecule has 0 saturated heterocycles. The Labute approximate surface area is 186 Å². The van der Waals surface area contributed by atoms with Gasteiger partial charge in [0.2, 0.25) is 0 Å². The van der Waals surface area contributed by atoms with Crippen molar-refractivity contribution in [2.45, 2.75) is 62.3 Å². The summed E-state index contributed by atoms with van der Waals surface area (Å²) < 4.78 is 0. The van der Waals surface area contributed by atoms with Gasteiger partial charge in [-0.25, -0.2) is 0 Å². The van der Waals surface area contributed by atoms with Crippen LogP contribution in [0.1, 0.15) is 62.3 Å². The molecular formula is C24H39NO6. The number of aliphatic hydroxyl groups is 3. The third kappa shape index (κ3) is 11.5. The molecule has 0 saturated carbocycles. The van der Waals surface area contributed by atoms with E-state index in [1.54, 1.807) is 62.3 Å². The summed E-state index contributed by atoms with van der Waals surface area (Å²) in [6.07, 6.45) is 3.27. The van der Waals surface area contributed by atoms with Crippen LogP contribution in [0.2, 0.25) is 0 Å². The average Bonchev–Trinajstić information content (AvgIpc) is 2.51. The van der Waals surface area contributed by atoms with Crippen LogP contribution in [-0.4, -0.2) is 57.2 Å². The Hall–Kier alpha value is -2.41. The minimum Gasteiger partial charge on any atom is -0.512 e. The standard InChI is InChI=1S/C24H39NO6/c1-22(2,3)19(29)10-16(26)13-25(14-17(27)11-20(30)23(4,5)6)15-18(28)12-21(31)24(7,8)9/h10-12,29-31H,13-15H2,1-9H3/b19-10-,20-11-,21-12+. The maximum Gasteiger partial charge on any atom is 0.173 e. The van der Waals surface area contributed by atoms with Gasteiger partial charge in [0.15, 0.2) is 17.3 Å². The molecule has 0 aromatic rings. The van der Waals surface area contributed by atoms with Gasteiger partial charge in [0.05, 0.1) is 19.6 Å². The highest BCUT2D eigenvalue weighted by Crippen LogP contribution is 2.24. The molecule has 0 spiro atoms. The number of carbonyl (C=O) groups is 3. The van der Waals surface area contributed by atoms with Gasteiger partial charge in [-0.05, 0) is 0 Å². The molecule has 0 atom stereocenters. The van der Waals surface area contributed by atoms with Crippen molar-refractivity contribution in [1.29, 1.82) is 0 Å². The Bertz CT molecular complexity index is 663. The fourth-order valence-corrected chi connectivity index (χ4v) is 2.07. The Morgan fingerprint density at radius 1 is 0.548 bits per heavy atom. The summed E-state index contributed by atoms with van der Waals surface area (Å²) >= 11 is 0. The third-order valence-electron chi connectivity index (χ3n) is 4.34. The second-order valence-electron chi connectivity index (χ2n) is 10.9. The molecule has 0 aliphatic rings. The van der Waals surface area contributed by atoms with Gasteiger partial charge in [-0.15, -0.1) is 0 Å². The van der Waals surface area contributed by atoms with E-state index in [9.17, 15) is 29.7 Å². The minimum atomic E-state index is -0.616. The number of hydrogen-bond acceptors (Lipinski definition) is 7. The van der Waals surface area contributed by atoms with E-state index in [2.05, 4.69) is 0 Å². The van der Waals surface area contributed by atoms with Gasteiger partial charge in [0.1, 0.15) is 17.3 Å². The van der Waals surface area contributed by atoms with Crippen molar-refractivity contribution in [3.05, 3.63) is 35.5 Å². The first-order chi connectivity index (χ1) is 13.7. The van der Waals surface area contributed by atoms with Crippen LogP contribution in [0, 0.1) is 16.2 Å². The molecule has 7 heteroatoms. The van der Waals surface area contributed by atoms with Crippen molar-refractivity contribution in [2.75, 3.05) is 19.6 Å². The minimum absolute atomic E-state index is 0.106. The van der Waals surface area contributed by atoms with Gasteiger partial charge in [-0.3, -0.25) is 19.3 Å². The van der Waals surface area contributed by atoms with Crippen LogP contribution in [0.5, 0.6) is 0 Å². The molecule has 0 aliphatic heterocycles. The number of carbonyl (C=O) groups excluding carboxylic acids is 3.